The molecule has 1 atom stereocenters. The van der Waals surface area contributed by atoms with E-state index in [0.29, 0.717) is 28.8 Å². The largest absolute Gasteiger partial charge is 0.450 e. The molecule has 0 aliphatic carbocycles. The Hall–Kier alpha value is -3.45. The minimum absolute atomic E-state index is 0.0712. The first-order chi connectivity index (χ1) is 15.0. The summed E-state index contributed by atoms with van der Waals surface area (Å²) in [7, 11) is 0. The van der Waals surface area contributed by atoms with Crippen molar-refractivity contribution in [2.75, 3.05) is 24.6 Å². The van der Waals surface area contributed by atoms with E-state index in [4.69, 9.17) is 4.42 Å². The normalized spacial score (nSPS) is 19.6. The minimum Gasteiger partial charge on any atom is -0.450 e. The number of aryl methyl sites for hydroxylation is 1. The number of fused-ring (bicyclic) bond motifs is 5. The van der Waals surface area contributed by atoms with Gasteiger partial charge in [-0.2, -0.15) is 0 Å². The Balaban J connectivity index is 1.92. The van der Waals surface area contributed by atoms with Crippen molar-refractivity contribution in [1.29, 1.82) is 0 Å². The topological polar surface area (TPSA) is 91.1 Å². The van der Waals surface area contributed by atoms with Gasteiger partial charge in [0.1, 0.15) is 5.58 Å². The van der Waals surface area contributed by atoms with E-state index in [0.717, 1.165) is 5.56 Å². The summed E-state index contributed by atoms with van der Waals surface area (Å²) < 4.78 is 5.96. The zero-order valence-corrected chi connectivity index (χ0v) is 17.3. The van der Waals surface area contributed by atoms with Crippen LogP contribution in [0.2, 0.25) is 0 Å². The summed E-state index contributed by atoms with van der Waals surface area (Å²) in [6.45, 7) is 4.09. The average molecular weight is 418 g/mol. The molecular weight excluding hydrogens is 396 g/mol. The number of hydrogen-bond acceptors (Lipinski definition) is 5. The molecule has 0 saturated carbocycles. The lowest BCUT2D eigenvalue weighted by atomic mass is 9.84. The van der Waals surface area contributed by atoms with Gasteiger partial charge in [-0.3, -0.25) is 14.4 Å². The van der Waals surface area contributed by atoms with Crippen LogP contribution in [0.5, 0.6) is 0 Å². The Morgan fingerprint density at radius 3 is 2.61 bits per heavy atom. The van der Waals surface area contributed by atoms with Crippen LogP contribution < -0.4 is 10.3 Å². The van der Waals surface area contributed by atoms with Crippen molar-refractivity contribution in [2.24, 2.45) is 0 Å². The third-order valence-electron chi connectivity index (χ3n) is 6.25. The highest BCUT2D eigenvalue weighted by Gasteiger charge is 2.64. The van der Waals surface area contributed by atoms with Crippen molar-refractivity contribution in [1.82, 2.24) is 4.90 Å². The highest BCUT2D eigenvalue weighted by atomic mass is 16.3. The van der Waals surface area contributed by atoms with Crippen molar-refractivity contribution in [3.05, 3.63) is 75.1 Å². The Bertz CT molecular complexity index is 1310. The van der Waals surface area contributed by atoms with Gasteiger partial charge in [-0.15, -0.1) is 0 Å². The molecule has 7 heteroatoms. The second kappa shape index (κ2) is 6.78. The van der Waals surface area contributed by atoms with Gasteiger partial charge >= 0.3 is 0 Å². The monoisotopic (exact) mass is 418 g/mol. The summed E-state index contributed by atoms with van der Waals surface area (Å²) in [6.07, 6.45) is 0.274. The number of likely N-dealkylation sites (N-methyl/N-ethyl adjacent to an activating group) is 1. The summed E-state index contributed by atoms with van der Waals surface area (Å²) in [5.41, 5.74) is 0.561. The standard InChI is InChI=1S/C24H22N2O5/c1-3-25-17-8-5-4-7-16(17)24(23(25)30)19-20(28)15-13-14(2)9-10-18(15)31-21(19)22(29)26(24)11-6-12-27/h4-5,7-10,13,27H,3,6,11-12H2,1-2H3/t24-/m0/s1. The first-order valence-electron chi connectivity index (χ1n) is 10.4. The van der Waals surface area contributed by atoms with E-state index in [-0.39, 0.29) is 42.2 Å². The number of carbonyl (C=O) groups excluding carboxylic acids is 2. The van der Waals surface area contributed by atoms with E-state index in [1.54, 1.807) is 29.2 Å². The lowest BCUT2D eigenvalue weighted by Crippen LogP contribution is -2.53. The van der Waals surface area contributed by atoms with Crippen LogP contribution in [0.15, 0.2) is 51.7 Å². The number of aliphatic hydroxyl groups excluding tert-OH is 1. The zero-order valence-electron chi connectivity index (χ0n) is 17.3. The van der Waals surface area contributed by atoms with E-state index in [1.165, 1.54) is 4.90 Å². The van der Waals surface area contributed by atoms with Crippen LogP contribution in [0.3, 0.4) is 0 Å². The number of benzene rings is 2. The van der Waals surface area contributed by atoms with Crippen molar-refractivity contribution in [3.8, 4) is 0 Å². The highest BCUT2D eigenvalue weighted by molar-refractivity contribution is 6.17. The fourth-order valence-corrected chi connectivity index (χ4v) is 4.95. The molecule has 0 bridgehead atoms. The van der Waals surface area contributed by atoms with E-state index >= 15 is 0 Å². The van der Waals surface area contributed by atoms with E-state index < -0.39 is 11.4 Å². The van der Waals surface area contributed by atoms with E-state index in [2.05, 4.69) is 0 Å². The molecule has 2 aromatic carbocycles. The molecule has 3 heterocycles. The summed E-state index contributed by atoms with van der Waals surface area (Å²) in [5, 5.41) is 9.78. The molecule has 1 N–H and O–H groups in total. The number of nitrogens with zero attached hydrogens (tertiary/aromatic N) is 2. The highest BCUT2D eigenvalue weighted by Crippen LogP contribution is 2.52. The van der Waals surface area contributed by atoms with Crippen molar-refractivity contribution in [2.45, 2.75) is 25.8 Å². The van der Waals surface area contributed by atoms with E-state index in [1.807, 2.05) is 32.0 Å². The van der Waals surface area contributed by atoms with Gasteiger partial charge in [-0.25, -0.2) is 0 Å². The molecule has 2 amide bonds. The quantitative estimate of drug-likeness (QED) is 0.703. The van der Waals surface area contributed by atoms with Crippen LogP contribution in [0.1, 0.15) is 40.6 Å². The predicted octanol–water partition coefficient (Wildman–Crippen LogP) is 2.55. The Labute approximate surface area is 178 Å². The second-order valence-electron chi connectivity index (χ2n) is 7.95. The number of amides is 2. The number of aliphatic hydroxyl groups is 1. The number of hydrogen-bond donors (Lipinski definition) is 1. The summed E-state index contributed by atoms with van der Waals surface area (Å²) >= 11 is 0. The van der Waals surface area contributed by atoms with Gasteiger partial charge in [0.15, 0.2) is 11.0 Å². The second-order valence-corrected chi connectivity index (χ2v) is 7.95. The molecule has 31 heavy (non-hydrogen) atoms. The van der Waals surface area contributed by atoms with Gasteiger partial charge in [0.2, 0.25) is 5.76 Å². The maximum atomic E-state index is 13.9. The van der Waals surface area contributed by atoms with Crippen LogP contribution in [-0.4, -0.2) is 41.5 Å². The van der Waals surface area contributed by atoms with Gasteiger partial charge in [-0.05, 0) is 38.5 Å². The molecule has 3 aromatic rings. The number of rotatable bonds is 4. The van der Waals surface area contributed by atoms with Gasteiger partial charge in [0, 0.05) is 25.3 Å². The molecule has 0 unspecified atom stereocenters. The van der Waals surface area contributed by atoms with Crippen molar-refractivity contribution < 1.29 is 19.1 Å². The lowest BCUT2D eigenvalue weighted by molar-refractivity contribution is -0.126. The molecule has 0 fully saturated rings. The third kappa shape index (κ3) is 2.35. The van der Waals surface area contributed by atoms with Crippen molar-refractivity contribution >= 4 is 28.5 Å². The first-order valence-corrected chi connectivity index (χ1v) is 10.4. The molecule has 158 valence electrons. The fraction of sp³-hybridized carbons (Fsp3) is 0.292. The third-order valence-corrected chi connectivity index (χ3v) is 6.25. The maximum absolute atomic E-state index is 13.9. The predicted molar refractivity (Wildman–Crippen MR) is 115 cm³/mol. The molecule has 0 radical (unpaired) electrons. The summed E-state index contributed by atoms with van der Waals surface area (Å²) in [5.74, 6) is -0.954. The SMILES string of the molecule is CCN1C(=O)[C@]2(c3ccccc31)c1c(oc3ccc(C)cc3c1=O)C(=O)N2CCCO. The Kier molecular flexibility index (Phi) is 4.27. The van der Waals surface area contributed by atoms with Crippen LogP contribution in [0.4, 0.5) is 5.69 Å². The van der Waals surface area contributed by atoms with Gasteiger partial charge in [0.25, 0.3) is 11.8 Å². The van der Waals surface area contributed by atoms with Gasteiger partial charge in [0.05, 0.1) is 16.6 Å². The van der Waals surface area contributed by atoms with Gasteiger partial charge in [-0.1, -0.05) is 29.8 Å². The van der Waals surface area contributed by atoms with Crippen LogP contribution in [-0.2, 0) is 10.3 Å². The summed E-state index contributed by atoms with van der Waals surface area (Å²) in [6, 6.07) is 12.4. The first kappa shape index (κ1) is 19.5. The number of para-hydroxylation sites is 1. The smallest absolute Gasteiger partial charge is 0.291 e. The van der Waals surface area contributed by atoms with Gasteiger partial charge < -0.3 is 19.3 Å². The molecular formula is C24H22N2O5. The summed E-state index contributed by atoms with van der Waals surface area (Å²) in [4.78, 5) is 44.3. The van der Waals surface area contributed by atoms with Crippen molar-refractivity contribution in [3.63, 3.8) is 0 Å². The molecule has 1 aromatic heterocycles. The Morgan fingerprint density at radius 2 is 1.87 bits per heavy atom. The minimum atomic E-state index is -1.59. The molecule has 1 spiro atoms. The molecule has 7 nitrogen and oxygen atoms in total. The molecule has 0 saturated heterocycles. The van der Waals surface area contributed by atoms with Crippen LogP contribution >= 0.6 is 0 Å². The molecule has 2 aliphatic rings. The Morgan fingerprint density at radius 1 is 1.10 bits per heavy atom. The zero-order chi connectivity index (χ0) is 21.9. The van der Waals surface area contributed by atoms with Crippen LogP contribution in [0.25, 0.3) is 11.0 Å². The molecule has 2 aliphatic heterocycles. The average Bonchev–Trinajstić information content (AvgIpc) is 3.17. The van der Waals surface area contributed by atoms with Crippen LogP contribution in [0, 0.1) is 6.92 Å². The number of carbonyl (C=O) groups is 2. The maximum Gasteiger partial charge on any atom is 0.291 e. The molecule has 5 rings (SSSR count). The number of anilines is 1. The lowest BCUT2D eigenvalue weighted by Gasteiger charge is -2.34. The van der Waals surface area contributed by atoms with E-state index in [9.17, 15) is 19.5 Å². The fourth-order valence-electron chi connectivity index (χ4n) is 4.95.